The van der Waals surface area contributed by atoms with Crippen molar-refractivity contribution < 1.29 is 9.18 Å². The van der Waals surface area contributed by atoms with Crippen molar-refractivity contribution in [2.24, 2.45) is 0 Å². The minimum absolute atomic E-state index is 0.357. The molecule has 0 aliphatic heterocycles. The molecule has 20 heavy (non-hydrogen) atoms. The molecule has 2 rings (SSSR count). The molecule has 2 aromatic carbocycles. The monoisotopic (exact) mass is 356 g/mol. The van der Waals surface area contributed by atoms with Gasteiger partial charge in [0.2, 0.25) is 0 Å². The summed E-state index contributed by atoms with van der Waals surface area (Å²) in [6.07, 6.45) is 0. The Morgan fingerprint density at radius 2 is 2.00 bits per heavy atom. The molecule has 0 atom stereocenters. The van der Waals surface area contributed by atoms with Gasteiger partial charge in [-0.1, -0.05) is 17.7 Å². The van der Waals surface area contributed by atoms with Gasteiger partial charge in [-0.25, -0.2) is 9.18 Å². The van der Waals surface area contributed by atoms with Gasteiger partial charge in [0.1, 0.15) is 5.82 Å². The number of amides is 2. The van der Waals surface area contributed by atoms with Crippen LogP contribution in [-0.4, -0.2) is 6.03 Å². The molecule has 104 valence electrons. The summed E-state index contributed by atoms with van der Waals surface area (Å²) in [5.74, 6) is -0.436. The third-order valence-electron chi connectivity index (χ3n) is 2.60. The minimum atomic E-state index is -0.461. The number of hydrogen-bond donors (Lipinski definition) is 2. The lowest BCUT2D eigenvalue weighted by Gasteiger charge is -2.11. The lowest BCUT2D eigenvalue weighted by Crippen LogP contribution is -2.20. The van der Waals surface area contributed by atoms with Gasteiger partial charge in [-0.3, -0.25) is 0 Å². The molecule has 0 radical (unpaired) electrons. The Kier molecular flexibility index (Phi) is 4.62. The standard InChI is InChI=1S/C14H11BrClFN2O/c1-8-5-11(15)12(17)7-13(8)19-14(20)18-10-4-2-3-9(16)6-10/h2-7H,1H3,(H2,18,19,20). The topological polar surface area (TPSA) is 41.1 Å². The fourth-order valence-corrected chi connectivity index (χ4v) is 2.28. The third-order valence-corrected chi connectivity index (χ3v) is 3.44. The average Bonchev–Trinajstić information content (AvgIpc) is 2.36. The zero-order chi connectivity index (χ0) is 14.7. The van der Waals surface area contributed by atoms with Crippen LogP contribution in [0.2, 0.25) is 5.02 Å². The van der Waals surface area contributed by atoms with E-state index in [2.05, 4.69) is 26.6 Å². The fourth-order valence-electron chi connectivity index (χ4n) is 1.63. The Morgan fingerprint density at radius 1 is 1.25 bits per heavy atom. The summed E-state index contributed by atoms with van der Waals surface area (Å²) in [7, 11) is 0. The van der Waals surface area contributed by atoms with Gasteiger partial charge in [0.15, 0.2) is 0 Å². The summed E-state index contributed by atoms with van der Waals surface area (Å²) in [6, 6.07) is 9.16. The maximum atomic E-state index is 13.5. The summed E-state index contributed by atoms with van der Waals surface area (Å²) in [6.45, 7) is 1.78. The molecular formula is C14H11BrClFN2O. The highest BCUT2D eigenvalue weighted by atomic mass is 79.9. The van der Waals surface area contributed by atoms with E-state index >= 15 is 0 Å². The van der Waals surface area contributed by atoms with Crippen LogP contribution in [-0.2, 0) is 0 Å². The number of aryl methyl sites for hydroxylation is 1. The van der Waals surface area contributed by atoms with Crippen LogP contribution in [0, 0.1) is 12.7 Å². The quantitative estimate of drug-likeness (QED) is 0.762. The number of hydrogen-bond acceptors (Lipinski definition) is 1. The predicted octanol–water partition coefficient (Wildman–Crippen LogP) is 5.19. The molecule has 0 saturated heterocycles. The number of halogens is 3. The van der Waals surface area contributed by atoms with E-state index in [1.165, 1.54) is 6.07 Å². The van der Waals surface area contributed by atoms with E-state index in [9.17, 15) is 9.18 Å². The van der Waals surface area contributed by atoms with Crippen molar-refractivity contribution in [1.29, 1.82) is 0 Å². The molecule has 0 aliphatic carbocycles. The van der Waals surface area contributed by atoms with Gasteiger partial charge in [0.25, 0.3) is 0 Å². The van der Waals surface area contributed by atoms with Crippen molar-refractivity contribution in [2.75, 3.05) is 10.6 Å². The van der Waals surface area contributed by atoms with Gasteiger partial charge in [-0.05, 0) is 58.7 Å². The number of nitrogens with one attached hydrogen (secondary N) is 2. The molecule has 2 N–H and O–H groups in total. The molecule has 2 aromatic rings. The van der Waals surface area contributed by atoms with E-state index in [-0.39, 0.29) is 0 Å². The number of rotatable bonds is 2. The first-order chi connectivity index (χ1) is 9.45. The summed E-state index contributed by atoms with van der Waals surface area (Å²) in [5.41, 5.74) is 1.72. The Labute approximate surface area is 129 Å². The van der Waals surface area contributed by atoms with Crippen LogP contribution in [0.1, 0.15) is 5.56 Å². The second kappa shape index (κ2) is 6.24. The van der Waals surface area contributed by atoms with Gasteiger partial charge in [0.05, 0.1) is 4.47 Å². The number of carbonyl (C=O) groups is 1. The lowest BCUT2D eigenvalue weighted by molar-refractivity contribution is 0.262. The van der Waals surface area contributed by atoms with Crippen LogP contribution in [0.25, 0.3) is 0 Å². The van der Waals surface area contributed by atoms with Crippen molar-refractivity contribution in [2.45, 2.75) is 6.92 Å². The molecule has 3 nitrogen and oxygen atoms in total. The molecule has 0 saturated carbocycles. The maximum Gasteiger partial charge on any atom is 0.323 e. The van der Waals surface area contributed by atoms with Crippen molar-refractivity contribution in [1.82, 2.24) is 0 Å². The van der Waals surface area contributed by atoms with E-state index in [0.717, 1.165) is 5.56 Å². The largest absolute Gasteiger partial charge is 0.323 e. The SMILES string of the molecule is Cc1cc(Br)c(F)cc1NC(=O)Nc1cccc(Cl)c1. The highest BCUT2D eigenvalue weighted by molar-refractivity contribution is 9.10. The zero-order valence-electron chi connectivity index (χ0n) is 10.5. The highest BCUT2D eigenvalue weighted by Gasteiger charge is 2.09. The Morgan fingerprint density at radius 3 is 2.70 bits per heavy atom. The maximum absolute atomic E-state index is 13.5. The minimum Gasteiger partial charge on any atom is -0.308 e. The summed E-state index contributed by atoms with van der Waals surface area (Å²) in [4.78, 5) is 11.8. The second-order valence-electron chi connectivity index (χ2n) is 4.17. The van der Waals surface area contributed by atoms with E-state index in [4.69, 9.17) is 11.6 Å². The highest BCUT2D eigenvalue weighted by Crippen LogP contribution is 2.24. The molecule has 2 amide bonds. The van der Waals surface area contributed by atoms with Crippen molar-refractivity contribution >= 4 is 44.9 Å². The molecule has 0 bridgehead atoms. The molecule has 0 aliphatic rings. The molecule has 0 aromatic heterocycles. The summed E-state index contributed by atoms with van der Waals surface area (Å²) in [5, 5.41) is 5.74. The van der Waals surface area contributed by atoms with Crippen molar-refractivity contribution in [3.05, 3.63) is 57.3 Å². The van der Waals surface area contributed by atoms with Crippen LogP contribution in [0.3, 0.4) is 0 Å². The second-order valence-corrected chi connectivity index (χ2v) is 5.46. The van der Waals surface area contributed by atoms with Crippen LogP contribution in [0.15, 0.2) is 40.9 Å². The molecule has 0 unspecified atom stereocenters. The van der Waals surface area contributed by atoms with Gasteiger partial charge >= 0.3 is 6.03 Å². The van der Waals surface area contributed by atoms with E-state index < -0.39 is 11.8 Å². The Hall–Kier alpha value is -1.59. The lowest BCUT2D eigenvalue weighted by atomic mass is 10.2. The number of urea groups is 1. The third kappa shape index (κ3) is 3.71. The average molecular weight is 358 g/mol. The van der Waals surface area contributed by atoms with Crippen LogP contribution in [0.5, 0.6) is 0 Å². The van der Waals surface area contributed by atoms with Crippen LogP contribution in [0.4, 0.5) is 20.6 Å². The predicted molar refractivity (Wildman–Crippen MR) is 82.9 cm³/mol. The smallest absolute Gasteiger partial charge is 0.308 e. The van der Waals surface area contributed by atoms with Crippen molar-refractivity contribution in [3.8, 4) is 0 Å². The molecule has 6 heteroatoms. The first-order valence-electron chi connectivity index (χ1n) is 5.75. The first kappa shape index (κ1) is 14.8. The molecule has 0 spiro atoms. The Bertz CT molecular complexity index is 664. The zero-order valence-corrected chi connectivity index (χ0v) is 12.8. The first-order valence-corrected chi connectivity index (χ1v) is 6.92. The van der Waals surface area contributed by atoms with E-state index in [1.807, 2.05) is 0 Å². The Balaban J connectivity index is 2.10. The van der Waals surface area contributed by atoms with Gasteiger partial charge in [0, 0.05) is 16.4 Å². The van der Waals surface area contributed by atoms with E-state index in [0.29, 0.717) is 20.9 Å². The van der Waals surface area contributed by atoms with Gasteiger partial charge < -0.3 is 10.6 Å². The van der Waals surface area contributed by atoms with Gasteiger partial charge in [-0.2, -0.15) is 0 Å². The van der Waals surface area contributed by atoms with Crippen molar-refractivity contribution in [3.63, 3.8) is 0 Å². The summed E-state index contributed by atoms with van der Waals surface area (Å²) < 4.78 is 13.8. The normalized spacial score (nSPS) is 10.2. The molecule has 0 fully saturated rings. The van der Waals surface area contributed by atoms with Crippen LogP contribution >= 0.6 is 27.5 Å². The van der Waals surface area contributed by atoms with E-state index in [1.54, 1.807) is 37.3 Å². The number of benzene rings is 2. The number of anilines is 2. The summed E-state index contributed by atoms with van der Waals surface area (Å²) >= 11 is 8.92. The molecule has 0 heterocycles. The van der Waals surface area contributed by atoms with Crippen LogP contribution < -0.4 is 10.6 Å². The fraction of sp³-hybridized carbons (Fsp3) is 0.0714. The van der Waals surface area contributed by atoms with Gasteiger partial charge in [-0.15, -0.1) is 0 Å². The molecular weight excluding hydrogens is 347 g/mol. The number of carbonyl (C=O) groups excluding carboxylic acids is 1.